The Balaban J connectivity index is 2.09. The predicted molar refractivity (Wildman–Crippen MR) is 84.1 cm³/mol. The highest BCUT2D eigenvalue weighted by Gasteiger charge is 2.14. The van der Waals surface area contributed by atoms with Gasteiger partial charge >= 0.3 is 0 Å². The molecule has 0 radical (unpaired) electrons. The minimum atomic E-state index is 0.638. The van der Waals surface area contributed by atoms with Gasteiger partial charge in [0, 0.05) is 29.2 Å². The quantitative estimate of drug-likeness (QED) is 0.690. The molecule has 4 nitrogen and oxygen atoms in total. The summed E-state index contributed by atoms with van der Waals surface area (Å²) in [6.45, 7) is 5.38. The third kappa shape index (κ3) is 2.25. The van der Waals surface area contributed by atoms with Gasteiger partial charge in [0.05, 0.1) is 23.0 Å². The molecule has 21 heavy (non-hydrogen) atoms. The number of nitrogens with zero attached hydrogens (tertiary/aromatic N) is 3. The number of carbonyl (C=O) groups excluding carboxylic acids is 1. The van der Waals surface area contributed by atoms with Gasteiger partial charge in [0.1, 0.15) is 0 Å². The van der Waals surface area contributed by atoms with Crippen molar-refractivity contribution < 1.29 is 4.79 Å². The number of carbonyl (C=O) groups is 1. The third-order valence-electron chi connectivity index (χ3n) is 3.75. The van der Waals surface area contributed by atoms with Gasteiger partial charge in [-0.1, -0.05) is 23.7 Å². The van der Waals surface area contributed by atoms with E-state index < -0.39 is 0 Å². The lowest BCUT2D eigenvalue weighted by atomic mass is 10.1. The number of fused-ring (bicyclic) bond motifs is 1. The number of aromatic nitrogens is 3. The van der Waals surface area contributed by atoms with Gasteiger partial charge in [-0.2, -0.15) is 5.10 Å². The first-order valence-corrected chi connectivity index (χ1v) is 7.28. The van der Waals surface area contributed by atoms with Crippen LogP contribution in [0.3, 0.4) is 0 Å². The van der Waals surface area contributed by atoms with Crippen LogP contribution in [0.15, 0.2) is 30.5 Å². The van der Waals surface area contributed by atoms with Crippen LogP contribution in [0, 0.1) is 6.92 Å². The molecule has 0 aliphatic heterocycles. The molecular formula is C16H16ClN3O. The van der Waals surface area contributed by atoms with Crippen molar-refractivity contribution in [2.24, 2.45) is 0 Å². The Labute approximate surface area is 127 Å². The molecule has 0 aliphatic carbocycles. The Morgan fingerprint density at radius 3 is 2.86 bits per heavy atom. The molecule has 0 spiro atoms. The fourth-order valence-corrected chi connectivity index (χ4v) is 2.86. The minimum Gasteiger partial charge on any atom is -0.341 e. The molecule has 0 aliphatic rings. The van der Waals surface area contributed by atoms with E-state index in [4.69, 9.17) is 11.6 Å². The Kier molecular flexibility index (Phi) is 3.55. The van der Waals surface area contributed by atoms with Crippen molar-refractivity contribution in [3.8, 4) is 0 Å². The molecule has 0 fully saturated rings. The standard InChI is InChI=1S/C16H16ClN3O/c1-3-20-15(16(17)11(2)18-20)9-19-8-7-13-12(10-21)5-4-6-14(13)19/h4-8,10H,3,9H2,1-2H3. The van der Waals surface area contributed by atoms with E-state index in [0.29, 0.717) is 17.1 Å². The van der Waals surface area contributed by atoms with Gasteiger partial charge in [0.2, 0.25) is 0 Å². The van der Waals surface area contributed by atoms with Crippen LogP contribution in [0.4, 0.5) is 0 Å². The number of benzene rings is 1. The van der Waals surface area contributed by atoms with E-state index in [9.17, 15) is 4.79 Å². The zero-order chi connectivity index (χ0) is 15.0. The fourth-order valence-electron chi connectivity index (χ4n) is 2.67. The molecule has 0 saturated carbocycles. The Morgan fingerprint density at radius 2 is 2.14 bits per heavy atom. The van der Waals surface area contributed by atoms with Gasteiger partial charge in [-0.25, -0.2) is 0 Å². The van der Waals surface area contributed by atoms with Crippen LogP contribution < -0.4 is 0 Å². The fraction of sp³-hybridized carbons (Fsp3) is 0.250. The molecule has 2 heterocycles. The maximum Gasteiger partial charge on any atom is 0.150 e. The lowest BCUT2D eigenvalue weighted by Crippen LogP contribution is -2.07. The second-order valence-corrected chi connectivity index (χ2v) is 5.38. The topological polar surface area (TPSA) is 39.8 Å². The number of halogens is 1. The Bertz CT molecular complexity index is 816. The average Bonchev–Trinajstić information content (AvgIpc) is 3.03. The molecule has 0 N–H and O–H groups in total. The van der Waals surface area contributed by atoms with Crippen LogP contribution in [-0.4, -0.2) is 20.6 Å². The van der Waals surface area contributed by atoms with Gasteiger partial charge in [-0.3, -0.25) is 9.48 Å². The maximum atomic E-state index is 11.1. The van der Waals surface area contributed by atoms with Crippen molar-refractivity contribution in [1.29, 1.82) is 0 Å². The summed E-state index contributed by atoms with van der Waals surface area (Å²) in [5.74, 6) is 0. The molecule has 108 valence electrons. The normalized spacial score (nSPS) is 11.2. The Hall–Kier alpha value is -2.07. The van der Waals surface area contributed by atoms with Crippen LogP contribution in [-0.2, 0) is 13.1 Å². The summed E-state index contributed by atoms with van der Waals surface area (Å²) in [6.07, 6.45) is 2.87. The van der Waals surface area contributed by atoms with E-state index in [-0.39, 0.29) is 0 Å². The van der Waals surface area contributed by atoms with Gasteiger partial charge in [0.25, 0.3) is 0 Å². The average molecular weight is 302 g/mol. The third-order valence-corrected chi connectivity index (χ3v) is 4.24. The summed E-state index contributed by atoms with van der Waals surface area (Å²) in [5.41, 5.74) is 3.57. The van der Waals surface area contributed by atoms with Crippen LogP contribution in [0.5, 0.6) is 0 Å². The van der Waals surface area contributed by atoms with Gasteiger partial charge in [-0.05, 0) is 26.0 Å². The molecule has 1 aromatic carbocycles. The van der Waals surface area contributed by atoms with Crippen molar-refractivity contribution in [1.82, 2.24) is 14.3 Å². The van der Waals surface area contributed by atoms with Gasteiger partial charge < -0.3 is 4.57 Å². The van der Waals surface area contributed by atoms with Crippen LogP contribution in [0.1, 0.15) is 28.7 Å². The van der Waals surface area contributed by atoms with Crippen LogP contribution in [0.25, 0.3) is 10.9 Å². The first-order valence-electron chi connectivity index (χ1n) is 6.90. The minimum absolute atomic E-state index is 0.638. The van der Waals surface area contributed by atoms with Gasteiger partial charge in [0.15, 0.2) is 6.29 Å². The summed E-state index contributed by atoms with van der Waals surface area (Å²) in [7, 11) is 0. The molecule has 0 unspecified atom stereocenters. The molecule has 0 bridgehead atoms. The molecule has 0 atom stereocenters. The first kappa shape index (κ1) is 13.9. The largest absolute Gasteiger partial charge is 0.341 e. The van der Waals surface area contributed by atoms with Crippen molar-refractivity contribution >= 4 is 28.8 Å². The molecule has 0 saturated heterocycles. The molecule has 2 aromatic heterocycles. The second kappa shape index (κ2) is 5.37. The lowest BCUT2D eigenvalue weighted by Gasteiger charge is -2.08. The zero-order valence-electron chi connectivity index (χ0n) is 12.0. The lowest BCUT2D eigenvalue weighted by molar-refractivity contribution is 0.112. The van der Waals surface area contributed by atoms with E-state index >= 15 is 0 Å². The van der Waals surface area contributed by atoms with E-state index in [1.807, 2.05) is 49.0 Å². The predicted octanol–water partition coefficient (Wildman–Crippen LogP) is 3.68. The number of aldehydes is 1. The molecule has 5 heteroatoms. The van der Waals surface area contributed by atoms with Crippen LogP contribution in [0.2, 0.25) is 5.02 Å². The Morgan fingerprint density at radius 1 is 1.33 bits per heavy atom. The summed E-state index contributed by atoms with van der Waals surface area (Å²) >= 11 is 6.37. The number of hydrogen-bond acceptors (Lipinski definition) is 2. The monoisotopic (exact) mass is 301 g/mol. The maximum absolute atomic E-state index is 11.1. The smallest absolute Gasteiger partial charge is 0.150 e. The van der Waals surface area contributed by atoms with Crippen molar-refractivity contribution in [2.45, 2.75) is 26.9 Å². The summed E-state index contributed by atoms with van der Waals surface area (Å²) in [5, 5.41) is 6.11. The summed E-state index contributed by atoms with van der Waals surface area (Å²) in [6, 6.07) is 7.70. The van der Waals surface area contributed by atoms with E-state index in [0.717, 1.165) is 35.1 Å². The number of rotatable bonds is 4. The van der Waals surface area contributed by atoms with Gasteiger partial charge in [-0.15, -0.1) is 0 Å². The highest BCUT2D eigenvalue weighted by atomic mass is 35.5. The number of aryl methyl sites for hydroxylation is 2. The van der Waals surface area contributed by atoms with E-state index in [1.54, 1.807) is 0 Å². The molecule has 0 amide bonds. The molecule has 3 aromatic rings. The van der Waals surface area contributed by atoms with E-state index in [1.165, 1.54) is 0 Å². The SMILES string of the molecule is CCn1nc(C)c(Cl)c1Cn1ccc2c(C=O)cccc21. The zero-order valence-corrected chi connectivity index (χ0v) is 12.8. The van der Waals surface area contributed by atoms with E-state index in [2.05, 4.69) is 9.67 Å². The summed E-state index contributed by atoms with van der Waals surface area (Å²) < 4.78 is 4.02. The van der Waals surface area contributed by atoms with Crippen molar-refractivity contribution in [2.75, 3.05) is 0 Å². The van der Waals surface area contributed by atoms with Crippen molar-refractivity contribution in [3.63, 3.8) is 0 Å². The molecule has 3 rings (SSSR count). The number of hydrogen-bond donors (Lipinski definition) is 0. The second-order valence-electron chi connectivity index (χ2n) is 5.00. The summed E-state index contributed by atoms with van der Waals surface area (Å²) in [4.78, 5) is 11.1. The highest BCUT2D eigenvalue weighted by Crippen LogP contribution is 2.24. The van der Waals surface area contributed by atoms with Crippen molar-refractivity contribution in [3.05, 3.63) is 52.4 Å². The molecular weight excluding hydrogens is 286 g/mol. The first-order chi connectivity index (χ1) is 10.2. The highest BCUT2D eigenvalue weighted by molar-refractivity contribution is 6.31. The van der Waals surface area contributed by atoms with Crippen LogP contribution >= 0.6 is 11.6 Å².